The molecule has 0 saturated carbocycles. The van der Waals surface area contributed by atoms with Crippen LogP contribution in [0.3, 0.4) is 0 Å². The minimum Gasteiger partial charge on any atom is -0.340 e. The molecule has 0 unspecified atom stereocenters. The van der Waals surface area contributed by atoms with Gasteiger partial charge < -0.3 is 15.1 Å². The van der Waals surface area contributed by atoms with Gasteiger partial charge in [0, 0.05) is 39.3 Å². The lowest BCUT2D eigenvalue weighted by Gasteiger charge is -2.38. The molecule has 0 spiro atoms. The molecule has 5 heteroatoms. The van der Waals surface area contributed by atoms with Crippen molar-refractivity contribution in [3.8, 4) is 0 Å². The minimum atomic E-state index is -1.28. The van der Waals surface area contributed by atoms with Crippen LogP contribution in [0.4, 0.5) is 4.39 Å². The van der Waals surface area contributed by atoms with Crippen LogP contribution in [0.1, 0.15) is 6.42 Å². The van der Waals surface area contributed by atoms with E-state index in [9.17, 15) is 9.18 Å². The number of rotatable bonds is 2. The van der Waals surface area contributed by atoms with E-state index in [1.54, 1.807) is 4.90 Å². The van der Waals surface area contributed by atoms with Crippen LogP contribution < -0.4 is 5.32 Å². The van der Waals surface area contributed by atoms with E-state index in [-0.39, 0.29) is 12.3 Å². The summed E-state index contributed by atoms with van der Waals surface area (Å²) in [6.45, 7) is 3.91. The van der Waals surface area contributed by atoms with E-state index in [0.29, 0.717) is 13.1 Å². The molecule has 0 aromatic rings. The maximum absolute atomic E-state index is 13.7. The van der Waals surface area contributed by atoms with Crippen LogP contribution in [-0.2, 0) is 4.79 Å². The summed E-state index contributed by atoms with van der Waals surface area (Å²) >= 11 is 0. The maximum Gasteiger partial charge on any atom is 0.225 e. The summed E-state index contributed by atoms with van der Waals surface area (Å²) in [5, 5.41) is 2.86. The first kappa shape index (κ1) is 10.8. The molecule has 2 fully saturated rings. The molecule has 0 aromatic heterocycles. The van der Waals surface area contributed by atoms with Crippen molar-refractivity contribution >= 4 is 5.91 Å². The van der Waals surface area contributed by atoms with Gasteiger partial charge in [0.15, 0.2) is 0 Å². The van der Waals surface area contributed by atoms with Crippen molar-refractivity contribution in [3.63, 3.8) is 0 Å². The van der Waals surface area contributed by atoms with E-state index in [1.165, 1.54) is 0 Å². The number of nitrogens with one attached hydrogen (secondary N) is 1. The number of nitrogens with zero attached hydrogens (tertiary/aromatic N) is 2. The lowest BCUT2D eigenvalue weighted by atomic mass is 9.94. The number of carbonyl (C=O) groups is 1. The molecule has 0 atom stereocenters. The molecule has 86 valence electrons. The van der Waals surface area contributed by atoms with Gasteiger partial charge in [0.25, 0.3) is 0 Å². The van der Waals surface area contributed by atoms with Crippen LogP contribution in [0, 0.1) is 0 Å². The zero-order valence-corrected chi connectivity index (χ0v) is 9.13. The third-order valence-electron chi connectivity index (χ3n) is 3.21. The van der Waals surface area contributed by atoms with Crippen LogP contribution in [0.5, 0.6) is 0 Å². The maximum atomic E-state index is 13.7. The Labute approximate surface area is 89.4 Å². The van der Waals surface area contributed by atoms with Crippen molar-refractivity contribution in [2.75, 3.05) is 46.3 Å². The second-order valence-corrected chi connectivity index (χ2v) is 4.62. The first-order valence-electron chi connectivity index (χ1n) is 5.45. The minimum absolute atomic E-state index is 0.0351. The fourth-order valence-electron chi connectivity index (χ4n) is 1.96. The number of piperazine rings is 1. The van der Waals surface area contributed by atoms with Crippen LogP contribution in [0.2, 0.25) is 0 Å². The molecule has 2 aliphatic heterocycles. The van der Waals surface area contributed by atoms with E-state index < -0.39 is 5.67 Å². The first-order valence-corrected chi connectivity index (χ1v) is 5.45. The number of alkyl halides is 1. The SMILES string of the molecule is CN1CCN(C(=O)CC2(F)CNC2)CC1. The van der Waals surface area contributed by atoms with Gasteiger partial charge in [-0.2, -0.15) is 0 Å². The van der Waals surface area contributed by atoms with Crippen LogP contribution in [0.15, 0.2) is 0 Å². The number of likely N-dealkylation sites (N-methyl/N-ethyl adjacent to an activating group) is 1. The molecule has 15 heavy (non-hydrogen) atoms. The molecule has 1 amide bonds. The largest absolute Gasteiger partial charge is 0.340 e. The van der Waals surface area contributed by atoms with Gasteiger partial charge in [-0.3, -0.25) is 4.79 Å². The third kappa shape index (κ3) is 2.46. The highest BCUT2D eigenvalue weighted by Gasteiger charge is 2.40. The van der Waals surface area contributed by atoms with Crippen molar-refractivity contribution in [3.05, 3.63) is 0 Å². The zero-order valence-electron chi connectivity index (χ0n) is 9.13. The Morgan fingerprint density at radius 2 is 1.93 bits per heavy atom. The Kier molecular flexibility index (Phi) is 2.93. The van der Waals surface area contributed by atoms with E-state index in [0.717, 1.165) is 26.2 Å². The van der Waals surface area contributed by atoms with E-state index >= 15 is 0 Å². The molecule has 1 N–H and O–H groups in total. The smallest absolute Gasteiger partial charge is 0.225 e. The second-order valence-electron chi connectivity index (χ2n) is 4.62. The highest BCUT2D eigenvalue weighted by Crippen LogP contribution is 2.22. The number of amides is 1. The molecular weight excluding hydrogens is 197 g/mol. The Balaban J connectivity index is 1.80. The molecule has 2 saturated heterocycles. The molecule has 0 aliphatic carbocycles. The fraction of sp³-hybridized carbons (Fsp3) is 0.900. The van der Waals surface area contributed by atoms with Crippen molar-refractivity contribution in [2.45, 2.75) is 12.1 Å². The monoisotopic (exact) mass is 215 g/mol. The summed E-state index contributed by atoms with van der Waals surface area (Å²) in [5.41, 5.74) is -1.28. The quantitative estimate of drug-likeness (QED) is 0.672. The van der Waals surface area contributed by atoms with Gasteiger partial charge in [0.2, 0.25) is 5.91 Å². The van der Waals surface area contributed by atoms with Crippen molar-refractivity contribution in [1.29, 1.82) is 0 Å². The molecule has 4 nitrogen and oxygen atoms in total. The fourth-order valence-corrected chi connectivity index (χ4v) is 1.96. The topological polar surface area (TPSA) is 35.6 Å². The van der Waals surface area contributed by atoms with Gasteiger partial charge in [0.05, 0.1) is 6.42 Å². The molecular formula is C10H18FN3O. The molecule has 0 radical (unpaired) electrons. The summed E-state index contributed by atoms with van der Waals surface area (Å²) in [6, 6.07) is 0. The number of carbonyl (C=O) groups excluding carboxylic acids is 1. The van der Waals surface area contributed by atoms with E-state index in [2.05, 4.69) is 10.2 Å². The highest BCUT2D eigenvalue weighted by atomic mass is 19.1. The predicted octanol–water partition coefficient (Wildman–Crippen LogP) is -0.538. The van der Waals surface area contributed by atoms with Crippen LogP contribution in [-0.4, -0.2) is 67.7 Å². The summed E-state index contributed by atoms with van der Waals surface area (Å²) in [6.07, 6.45) is 0.0454. The van der Waals surface area contributed by atoms with Crippen molar-refractivity contribution in [1.82, 2.24) is 15.1 Å². The van der Waals surface area contributed by atoms with Crippen LogP contribution >= 0.6 is 0 Å². The normalized spacial score (nSPS) is 26.1. The average Bonchev–Trinajstić information content (AvgIpc) is 2.16. The van der Waals surface area contributed by atoms with Gasteiger partial charge >= 0.3 is 0 Å². The molecule has 2 heterocycles. The molecule has 2 rings (SSSR count). The highest BCUT2D eigenvalue weighted by molar-refractivity contribution is 5.77. The van der Waals surface area contributed by atoms with E-state index in [4.69, 9.17) is 0 Å². The summed E-state index contributed by atoms with van der Waals surface area (Å²) < 4.78 is 13.7. The van der Waals surface area contributed by atoms with Gasteiger partial charge in [-0.05, 0) is 7.05 Å². The zero-order chi connectivity index (χ0) is 10.9. The second kappa shape index (κ2) is 4.06. The Morgan fingerprint density at radius 1 is 1.33 bits per heavy atom. The number of halogens is 1. The Bertz CT molecular complexity index is 247. The molecule has 0 bridgehead atoms. The third-order valence-corrected chi connectivity index (χ3v) is 3.21. The van der Waals surface area contributed by atoms with Gasteiger partial charge in [0.1, 0.15) is 5.67 Å². The summed E-state index contributed by atoms with van der Waals surface area (Å²) in [7, 11) is 2.04. The standard InChI is InChI=1S/C10H18FN3O/c1-13-2-4-14(5-3-13)9(15)6-10(11)7-12-8-10/h12H,2-8H2,1H3. The van der Waals surface area contributed by atoms with Gasteiger partial charge in [-0.25, -0.2) is 4.39 Å². The first-order chi connectivity index (χ1) is 7.09. The number of hydrogen-bond donors (Lipinski definition) is 1. The lowest BCUT2D eigenvalue weighted by Crippen LogP contribution is -2.59. The van der Waals surface area contributed by atoms with E-state index in [1.807, 2.05) is 7.05 Å². The molecule has 2 aliphatic rings. The Hall–Kier alpha value is -0.680. The summed E-state index contributed by atoms with van der Waals surface area (Å²) in [4.78, 5) is 15.7. The summed E-state index contributed by atoms with van der Waals surface area (Å²) in [5.74, 6) is -0.0351. The lowest BCUT2D eigenvalue weighted by molar-refractivity contribution is -0.136. The average molecular weight is 215 g/mol. The van der Waals surface area contributed by atoms with Gasteiger partial charge in [-0.15, -0.1) is 0 Å². The van der Waals surface area contributed by atoms with Crippen LogP contribution in [0.25, 0.3) is 0 Å². The number of hydrogen-bond acceptors (Lipinski definition) is 3. The predicted molar refractivity (Wildman–Crippen MR) is 55.4 cm³/mol. The molecule has 0 aromatic carbocycles. The van der Waals surface area contributed by atoms with Gasteiger partial charge in [-0.1, -0.05) is 0 Å². The van der Waals surface area contributed by atoms with Crippen molar-refractivity contribution < 1.29 is 9.18 Å². The Morgan fingerprint density at radius 3 is 2.40 bits per heavy atom. The van der Waals surface area contributed by atoms with Crippen molar-refractivity contribution in [2.24, 2.45) is 0 Å².